The first-order chi connectivity index (χ1) is 40.4. The number of aliphatic hydroxyl groups is 1. The average molecular weight is 1220 g/mol. The van der Waals surface area contributed by atoms with E-state index in [9.17, 15) is 27.6 Å². The molecule has 456 valence electrons. The number of aryl methyl sites for hydroxylation is 6. The molecule has 87 heavy (non-hydrogen) atoms. The van der Waals surface area contributed by atoms with Gasteiger partial charge in [0.15, 0.2) is 0 Å². The van der Waals surface area contributed by atoms with E-state index in [1.165, 1.54) is 12.1 Å². The molecule has 0 spiro atoms. The number of rotatable bonds is 17. The van der Waals surface area contributed by atoms with Crippen LogP contribution in [0.1, 0.15) is 77.1 Å². The maximum Gasteiger partial charge on any atom is 1.00 e. The summed E-state index contributed by atoms with van der Waals surface area (Å²) in [6.45, 7) is 24.7. The molecule has 0 saturated carbocycles. The summed E-state index contributed by atoms with van der Waals surface area (Å²) in [6.07, 6.45) is 0.426. The van der Waals surface area contributed by atoms with Crippen LogP contribution in [0.25, 0.3) is 66.9 Å². The molecule has 0 aliphatic rings. The van der Waals surface area contributed by atoms with Crippen molar-refractivity contribution >= 4 is 32.7 Å². The van der Waals surface area contributed by atoms with Crippen molar-refractivity contribution in [2.24, 2.45) is 0 Å². The molecule has 0 saturated heterocycles. The van der Waals surface area contributed by atoms with Gasteiger partial charge in [-0.15, -0.1) is 0 Å². The minimum atomic E-state index is -0.924. The van der Waals surface area contributed by atoms with Crippen molar-refractivity contribution < 1.29 is 112 Å². The van der Waals surface area contributed by atoms with Crippen LogP contribution >= 0.6 is 0 Å². The summed E-state index contributed by atoms with van der Waals surface area (Å²) in [5.74, 6) is 0.0227. The average Bonchev–Trinajstić information content (AvgIpc) is 3.06. The molecule has 0 unspecified atom stereocenters. The van der Waals surface area contributed by atoms with Crippen molar-refractivity contribution in [1.82, 2.24) is 44.9 Å². The van der Waals surface area contributed by atoms with Crippen LogP contribution in [0, 0.1) is 59.0 Å². The maximum absolute atomic E-state index is 14.1. The fourth-order valence-electron chi connectivity index (χ4n) is 8.43. The van der Waals surface area contributed by atoms with Crippen LogP contribution in [0.2, 0.25) is 0 Å². The summed E-state index contributed by atoms with van der Waals surface area (Å²) in [4.78, 5) is 71.8. The number of halogens is 3. The summed E-state index contributed by atoms with van der Waals surface area (Å²) < 4.78 is 73.6. The smallest absolute Gasteiger partial charge is 1.00 e. The molecule has 0 radical (unpaired) electrons. The molecule has 9 aromatic rings. The number of pyridine rings is 3. The van der Waals surface area contributed by atoms with E-state index in [0.717, 1.165) is 58.5 Å². The normalized spacial score (nSPS) is 10.7. The molecule has 0 bridgehead atoms. The number of nitrogens with one attached hydrogen (secondary N) is 3. The van der Waals surface area contributed by atoms with Crippen molar-refractivity contribution in [3.8, 4) is 51.4 Å². The predicted octanol–water partition coefficient (Wildman–Crippen LogP) is 3.34. The van der Waals surface area contributed by atoms with Crippen molar-refractivity contribution in [3.05, 3.63) is 155 Å². The number of aliphatic hydroxyl groups excluding tert-OH is 1. The Morgan fingerprint density at radius 1 is 0.460 bits per heavy atom. The zero-order valence-corrected chi connectivity index (χ0v) is 56.2. The Kier molecular flexibility index (Phi) is 31.0. The summed E-state index contributed by atoms with van der Waals surface area (Å²) in [5.41, 5.74) is 6.45. The molecule has 0 aliphatic carbocycles. The summed E-state index contributed by atoms with van der Waals surface area (Å²) >= 11 is 0. The Labute approximate surface area is 548 Å². The molecule has 4 N–H and O–H groups in total. The monoisotopic (exact) mass is 1220 g/mol. The van der Waals surface area contributed by atoms with Gasteiger partial charge >= 0.3 is 59.1 Å². The van der Waals surface area contributed by atoms with Gasteiger partial charge in [0.25, 0.3) is 16.7 Å². The number of nitrogens with zero attached hydrogens (tertiary/aromatic N) is 6. The number of aromatic nitrogens is 9. The second-order valence-corrected chi connectivity index (χ2v) is 19.9. The zero-order chi connectivity index (χ0) is 62.7. The minimum Gasteiger partial charge on any atom is -1.00 e. The third kappa shape index (κ3) is 22.6. The number of H-pyrrole nitrogens is 3. The first-order valence-electron chi connectivity index (χ1n) is 27.2. The molecule has 6 heterocycles. The van der Waals surface area contributed by atoms with Crippen LogP contribution in [0.5, 0.6) is 17.2 Å². The van der Waals surface area contributed by atoms with E-state index >= 15 is 0 Å². The fraction of sp³-hybridized carbons (Fsp3) is 0.371. The SMILES string of the molecule is CC(C)OCCO.COc1cc(OCCOC(C)C)c2c(=O)[nH]c(-c3cc(C)nc(C)c3)nc2c1.C[O-].Cc1cc(-c2nc3cc(F)cc(F)c3c(=O)[nH]2)cc(C)n1.Cc1cc(-c2nc3cc(F)cc(OCCOC(C)C)c3c(=O)[nH]2)cc(C)n1.[H-].[Na+].[Na+]. The van der Waals surface area contributed by atoms with Crippen LogP contribution in [0.4, 0.5) is 13.2 Å². The topological polar surface area (TPSA) is 275 Å². The van der Waals surface area contributed by atoms with E-state index in [1.807, 2.05) is 107 Å². The number of fused-ring (bicyclic) bond motifs is 3. The van der Waals surface area contributed by atoms with Crippen molar-refractivity contribution in [3.63, 3.8) is 0 Å². The van der Waals surface area contributed by atoms with Gasteiger partial charge in [-0.3, -0.25) is 29.3 Å². The number of benzene rings is 3. The molecule has 0 aliphatic heterocycles. The Morgan fingerprint density at radius 2 is 0.782 bits per heavy atom. The first-order valence-corrected chi connectivity index (χ1v) is 27.2. The Balaban J connectivity index is 0.000000417. The number of hydrogen-bond donors (Lipinski definition) is 4. The van der Waals surface area contributed by atoms with Crippen LogP contribution in [0.3, 0.4) is 0 Å². The largest absolute Gasteiger partial charge is 1.00 e. The van der Waals surface area contributed by atoms with E-state index in [0.29, 0.717) is 72.1 Å². The van der Waals surface area contributed by atoms with E-state index in [-0.39, 0.29) is 137 Å². The van der Waals surface area contributed by atoms with E-state index < -0.39 is 23.0 Å². The van der Waals surface area contributed by atoms with Gasteiger partial charge in [-0.2, -0.15) is 7.11 Å². The third-order valence-corrected chi connectivity index (χ3v) is 11.6. The maximum atomic E-state index is 14.1. The summed E-state index contributed by atoms with van der Waals surface area (Å²) in [5, 5.41) is 16.8. The minimum absolute atomic E-state index is 0. The number of ether oxygens (including phenoxy) is 6. The van der Waals surface area contributed by atoms with Gasteiger partial charge in [0, 0.05) is 87.3 Å². The molecular weight excluding hydrogens is 1150 g/mol. The van der Waals surface area contributed by atoms with Gasteiger partial charge in [0.2, 0.25) is 0 Å². The molecule has 9 rings (SSSR count). The third-order valence-electron chi connectivity index (χ3n) is 11.6. The van der Waals surface area contributed by atoms with Crippen molar-refractivity contribution in [2.45, 2.75) is 101 Å². The fourth-order valence-corrected chi connectivity index (χ4v) is 8.43. The standard InChI is InChI=1S/C21H25N3O4.C20H22FN3O3.C15H11F2N3O.C5H12O2.CH3O.2Na.H/c1-12(2)27-6-7-28-18-11-16(26-5)10-17-19(18)21(25)24-20(23-17)15-8-13(3)22-14(4)9-15;1-11(2)26-5-6-27-17-10-15(21)9-16-18(17)20(25)24-19(23-16)14-7-12(3)22-13(4)8-14;1-7-3-9(4-8(2)18-7)14-19-12-6-10(16)5-11(17)13(12)15(21)20-14;1-5(2)7-4-3-6;1-2;;;/h8-12H,6-7H2,1-5H3,(H,23,24,25);7-11H,5-6H2,1-4H3,(H,23,24,25);3-6H,1-2H3,(H,19,20,21);5-6H,3-4H2,1-2H3;1H3;;;/q;;;;-1;2*+1;-1. The molecule has 0 amide bonds. The number of aromatic amines is 3. The molecule has 25 heteroatoms. The Bertz CT molecular complexity index is 3850. The van der Waals surface area contributed by atoms with Gasteiger partial charge in [0.1, 0.15) is 81.5 Å². The van der Waals surface area contributed by atoms with E-state index in [4.69, 9.17) is 38.6 Å². The van der Waals surface area contributed by atoms with Gasteiger partial charge in [-0.25, -0.2) is 28.1 Å². The Hall–Kier alpha value is -6.48. The van der Waals surface area contributed by atoms with Crippen LogP contribution in [-0.2, 0) is 14.2 Å². The van der Waals surface area contributed by atoms with Crippen LogP contribution < -0.4 is 95.1 Å². The van der Waals surface area contributed by atoms with E-state index in [2.05, 4.69) is 44.9 Å². The molecule has 0 atom stereocenters. The molecular formula is C62H74F3N9Na2O11. The van der Waals surface area contributed by atoms with Crippen molar-refractivity contribution in [1.29, 1.82) is 0 Å². The Morgan fingerprint density at radius 3 is 1.13 bits per heavy atom. The zero-order valence-electron chi connectivity index (χ0n) is 53.2. The van der Waals surface area contributed by atoms with Gasteiger partial charge in [0.05, 0.1) is 68.4 Å². The molecule has 6 aromatic heterocycles. The molecule has 20 nitrogen and oxygen atoms in total. The summed E-state index contributed by atoms with van der Waals surface area (Å²) in [6, 6.07) is 18.4. The summed E-state index contributed by atoms with van der Waals surface area (Å²) in [7, 11) is 2.32. The quantitative estimate of drug-likeness (QED) is 0.0752. The number of methoxy groups -OCH3 is 1. The van der Waals surface area contributed by atoms with Crippen LogP contribution in [0.15, 0.2) is 87.2 Å². The van der Waals surface area contributed by atoms with Gasteiger partial charge < -0.3 is 55.0 Å². The predicted molar refractivity (Wildman–Crippen MR) is 320 cm³/mol. The van der Waals surface area contributed by atoms with Gasteiger partial charge in [-0.1, -0.05) is 0 Å². The van der Waals surface area contributed by atoms with E-state index in [1.54, 1.807) is 31.4 Å². The second kappa shape index (κ2) is 36.1. The van der Waals surface area contributed by atoms with Crippen LogP contribution in [-0.4, -0.2) is 122 Å². The van der Waals surface area contributed by atoms with Gasteiger partial charge in [-0.05, 0) is 119 Å². The number of hydrogen-bond acceptors (Lipinski definition) is 17. The second-order valence-electron chi connectivity index (χ2n) is 19.9. The molecule has 3 aromatic carbocycles. The van der Waals surface area contributed by atoms with Crippen molar-refractivity contribution in [2.75, 3.05) is 53.9 Å². The first kappa shape index (κ1) is 74.8. The molecule has 0 fully saturated rings.